The molecule has 0 bridgehead atoms. The Morgan fingerprint density at radius 1 is 1.19 bits per heavy atom. The highest BCUT2D eigenvalue weighted by molar-refractivity contribution is 7.99. The van der Waals surface area contributed by atoms with Gasteiger partial charge in [0.15, 0.2) is 0 Å². The fourth-order valence-corrected chi connectivity index (χ4v) is 2.62. The Hall–Kier alpha value is -1.52. The first-order chi connectivity index (χ1) is 10.3. The van der Waals surface area contributed by atoms with Gasteiger partial charge in [0, 0.05) is 28.8 Å². The van der Waals surface area contributed by atoms with Crippen LogP contribution in [0.4, 0.5) is 0 Å². The van der Waals surface area contributed by atoms with Gasteiger partial charge in [-0.2, -0.15) is 0 Å². The third-order valence-electron chi connectivity index (χ3n) is 3.16. The maximum atomic E-state index is 5.92. The molecule has 0 aliphatic rings. The number of nitrogens with zero attached hydrogens (tertiary/aromatic N) is 1. The monoisotopic (exact) mass is 302 g/mol. The molecule has 0 spiro atoms. The SMILES string of the molecule is CCC(N)Cc1ccc(OCCSc2ccccc2)cn1. The molecule has 0 amide bonds. The van der Waals surface area contributed by atoms with E-state index in [1.54, 1.807) is 18.0 Å². The van der Waals surface area contributed by atoms with Crippen LogP contribution in [-0.2, 0) is 6.42 Å². The Kier molecular flexibility index (Phi) is 6.57. The molecular formula is C17H22N2OS. The van der Waals surface area contributed by atoms with Gasteiger partial charge >= 0.3 is 0 Å². The van der Waals surface area contributed by atoms with E-state index in [2.05, 4.69) is 24.0 Å². The van der Waals surface area contributed by atoms with Crippen LogP contribution in [0.1, 0.15) is 19.0 Å². The molecule has 3 nitrogen and oxygen atoms in total. The van der Waals surface area contributed by atoms with E-state index in [0.717, 1.165) is 30.0 Å². The summed E-state index contributed by atoms with van der Waals surface area (Å²) < 4.78 is 5.70. The Morgan fingerprint density at radius 3 is 2.67 bits per heavy atom. The fourth-order valence-electron chi connectivity index (χ4n) is 1.87. The van der Waals surface area contributed by atoms with Crippen LogP contribution in [0, 0.1) is 0 Å². The molecule has 1 heterocycles. The van der Waals surface area contributed by atoms with Crippen molar-refractivity contribution in [2.45, 2.75) is 30.7 Å². The lowest BCUT2D eigenvalue weighted by Gasteiger charge is -2.09. The number of aromatic nitrogens is 1. The van der Waals surface area contributed by atoms with E-state index < -0.39 is 0 Å². The van der Waals surface area contributed by atoms with Crippen LogP contribution in [0.25, 0.3) is 0 Å². The van der Waals surface area contributed by atoms with Gasteiger partial charge in [0.2, 0.25) is 0 Å². The number of ether oxygens (including phenoxy) is 1. The Balaban J connectivity index is 1.71. The summed E-state index contributed by atoms with van der Waals surface area (Å²) in [4.78, 5) is 5.66. The molecule has 1 atom stereocenters. The number of thioether (sulfide) groups is 1. The highest BCUT2D eigenvalue weighted by Crippen LogP contribution is 2.17. The van der Waals surface area contributed by atoms with Gasteiger partial charge in [-0.1, -0.05) is 25.1 Å². The van der Waals surface area contributed by atoms with Crippen molar-refractivity contribution < 1.29 is 4.74 Å². The van der Waals surface area contributed by atoms with E-state index in [9.17, 15) is 0 Å². The molecule has 112 valence electrons. The molecule has 1 unspecified atom stereocenters. The molecule has 0 saturated heterocycles. The number of nitrogens with two attached hydrogens (primary N) is 1. The molecule has 1 aromatic carbocycles. The first kappa shape index (κ1) is 15.9. The molecule has 0 aliphatic heterocycles. The summed E-state index contributed by atoms with van der Waals surface area (Å²) in [5, 5.41) is 0. The third-order valence-corrected chi connectivity index (χ3v) is 4.13. The van der Waals surface area contributed by atoms with Gasteiger partial charge < -0.3 is 10.5 Å². The molecule has 0 radical (unpaired) electrons. The molecular weight excluding hydrogens is 280 g/mol. The van der Waals surface area contributed by atoms with Crippen molar-refractivity contribution in [2.75, 3.05) is 12.4 Å². The van der Waals surface area contributed by atoms with Gasteiger partial charge in [-0.25, -0.2) is 0 Å². The van der Waals surface area contributed by atoms with Gasteiger partial charge in [-0.15, -0.1) is 11.8 Å². The first-order valence-corrected chi connectivity index (χ1v) is 8.27. The Labute approximate surface area is 130 Å². The van der Waals surface area contributed by atoms with Crippen LogP contribution in [0.2, 0.25) is 0 Å². The summed E-state index contributed by atoms with van der Waals surface area (Å²) in [5.74, 6) is 1.74. The van der Waals surface area contributed by atoms with Crippen molar-refractivity contribution >= 4 is 11.8 Å². The van der Waals surface area contributed by atoms with Crippen LogP contribution in [0.3, 0.4) is 0 Å². The van der Waals surface area contributed by atoms with Crippen molar-refractivity contribution in [3.63, 3.8) is 0 Å². The van der Waals surface area contributed by atoms with E-state index in [1.807, 2.05) is 30.3 Å². The van der Waals surface area contributed by atoms with Crippen molar-refractivity contribution in [1.29, 1.82) is 0 Å². The lowest BCUT2D eigenvalue weighted by Crippen LogP contribution is -2.21. The highest BCUT2D eigenvalue weighted by atomic mass is 32.2. The Bertz CT molecular complexity index is 516. The average molecular weight is 302 g/mol. The average Bonchev–Trinajstić information content (AvgIpc) is 2.54. The van der Waals surface area contributed by atoms with Crippen LogP contribution in [0.5, 0.6) is 5.75 Å². The van der Waals surface area contributed by atoms with Crippen LogP contribution in [0.15, 0.2) is 53.6 Å². The molecule has 2 aromatic rings. The smallest absolute Gasteiger partial charge is 0.137 e. The molecule has 2 rings (SSSR count). The summed E-state index contributed by atoms with van der Waals surface area (Å²) in [5.41, 5.74) is 6.95. The van der Waals surface area contributed by atoms with E-state index in [-0.39, 0.29) is 6.04 Å². The number of hydrogen-bond donors (Lipinski definition) is 1. The molecule has 4 heteroatoms. The number of benzene rings is 1. The maximum absolute atomic E-state index is 5.92. The molecule has 21 heavy (non-hydrogen) atoms. The van der Waals surface area contributed by atoms with Gasteiger partial charge in [0.25, 0.3) is 0 Å². The minimum atomic E-state index is 0.187. The zero-order valence-electron chi connectivity index (χ0n) is 12.4. The van der Waals surface area contributed by atoms with Crippen LogP contribution < -0.4 is 10.5 Å². The van der Waals surface area contributed by atoms with E-state index in [0.29, 0.717) is 6.61 Å². The zero-order chi connectivity index (χ0) is 14.9. The second-order valence-electron chi connectivity index (χ2n) is 4.87. The fraction of sp³-hybridized carbons (Fsp3) is 0.353. The standard InChI is InChI=1S/C17H22N2OS/c1-2-14(18)12-15-8-9-16(13-19-15)20-10-11-21-17-6-4-3-5-7-17/h3-9,13-14H,2,10-12,18H2,1H3. The zero-order valence-corrected chi connectivity index (χ0v) is 13.2. The first-order valence-electron chi connectivity index (χ1n) is 7.29. The van der Waals surface area contributed by atoms with E-state index in [1.165, 1.54) is 4.90 Å². The van der Waals surface area contributed by atoms with Crippen molar-refractivity contribution in [3.05, 3.63) is 54.4 Å². The topological polar surface area (TPSA) is 48.1 Å². The van der Waals surface area contributed by atoms with Gasteiger partial charge in [0.1, 0.15) is 5.75 Å². The third kappa shape index (κ3) is 5.78. The molecule has 1 aromatic heterocycles. The summed E-state index contributed by atoms with van der Waals surface area (Å²) >= 11 is 1.79. The Morgan fingerprint density at radius 2 is 2.00 bits per heavy atom. The number of hydrogen-bond acceptors (Lipinski definition) is 4. The lowest BCUT2D eigenvalue weighted by molar-refractivity contribution is 0.342. The normalized spacial score (nSPS) is 12.1. The predicted octanol–water partition coefficient (Wildman–Crippen LogP) is 3.53. The predicted molar refractivity (Wildman–Crippen MR) is 88.9 cm³/mol. The minimum Gasteiger partial charge on any atom is -0.491 e. The van der Waals surface area contributed by atoms with Crippen LogP contribution >= 0.6 is 11.8 Å². The quantitative estimate of drug-likeness (QED) is 0.598. The number of pyridine rings is 1. The largest absolute Gasteiger partial charge is 0.491 e. The van der Waals surface area contributed by atoms with Crippen LogP contribution in [-0.4, -0.2) is 23.4 Å². The molecule has 0 aliphatic carbocycles. The van der Waals surface area contributed by atoms with Crippen molar-refractivity contribution in [2.24, 2.45) is 5.73 Å². The molecule has 2 N–H and O–H groups in total. The summed E-state index contributed by atoms with van der Waals surface area (Å²) in [6.45, 7) is 2.77. The summed E-state index contributed by atoms with van der Waals surface area (Å²) in [6.07, 6.45) is 3.57. The minimum absolute atomic E-state index is 0.187. The summed E-state index contributed by atoms with van der Waals surface area (Å²) in [7, 11) is 0. The van der Waals surface area contributed by atoms with Gasteiger partial charge in [0.05, 0.1) is 12.8 Å². The maximum Gasteiger partial charge on any atom is 0.137 e. The van der Waals surface area contributed by atoms with Gasteiger partial charge in [-0.05, 0) is 30.7 Å². The second kappa shape index (κ2) is 8.70. The van der Waals surface area contributed by atoms with Crippen molar-refractivity contribution in [3.8, 4) is 5.75 Å². The number of rotatable bonds is 8. The molecule has 0 saturated carbocycles. The van der Waals surface area contributed by atoms with Gasteiger partial charge in [-0.3, -0.25) is 4.98 Å². The summed E-state index contributed by atoms with van der Waals surface area (Å²) in [6, 6.07) is 14.5. The second-order valence-corrected chi connectivity index (χ2v) is 6.04. The van der Waals surface area contributed by atoms with E-state index >= 15 is 0 Å². The van der Waals surface area contributed by atoms with E-state index in [4.69, 9.17) is 10.5 Å². The van der Waals surface area contributed by atoms with Crippen molar-refractivity contribution in [1.82, 2.24) is 4.98 Å². The molecule has 0 fully saturated rings. The lowest BCUT2D eigenvalue weighted by atomic mass is 10.1. The highest BCUT2D eigenvalue weighted by Gasteiger charge is 2.03.